The van der Waals surface area contributed by atoms with Crippen molar-refractivity contribution in [3.63, 3.8) is 0 Å². The number of nitrogens with two attached hydrogens (primary N) is 1. The van der Waals surface area contributed by atoms with Gasteiger partial charge in [0.1, 0.15) is 6.04 Å². The Bertz CT molecular complexity index is 267. The molecule has 2 fully saturated rings. The van der Waals surface area contributed by atoms with Gasteiger partial charge in [0.15, 0.2) is 0 Å². The predicted molar refractivity (Wildman–Crippen MR) is 59.7 cm³/mol. The number of hydrogen-bond donors (Lipinski definition) is 1. The fraction of sp³-hybridized carbons (Fsp3) is 1.00. The lowest BCUT2D eigenvalue weighted by molar-refractivity contribution is -0.193. The molecule has 0 spiro atoms. The van der Waals surface area contributed by atoms with Gasteiger partial charge in [0.2, 0.25) is 0 Å². The molecule has 0 aromatic carbocycles. The molecule has 2 rings (SSSR count). The highest BCUT2D eigenvalue weighted by molar-refractivity contribution is 4.93. The normalized spacial score (nSPS) is 31.2. The maximum absolute atomic E-state index is 13.0. The smallest absolute Gasteiger partial charge is 0.326 e. The molecule has 3 unspecified atom stereocenters. The summed E-state index contributed by atoms with van der Waals surface area (Å²) >= 11 is 0. The highest BCUT2D eigenvalue weighted by atomic mass is 19.4. The zero-order chi connectivity index (χ0) is 12.6. The molecule has 0 bridgehead atoms. The van der Waals surface area contributed by atoms with Gasteiger partial charge in [0.25, 0.3) is 0 Å². The third-order valence-corrected chi connectivity index (χ3v) is 3.85. The van der Waals surface area contributed by atoms with Gasteiger partial charge in [0.05, 0.1) is 0 Å². The molecule has 6 heteroatoms. The molecule has 0 aromatic heterocycles. The van der Waals surface area contributed by atoms with Crippen molar-refractivity contribution in [3.8, 4) is 0 Å². The minimum Gasteiger partial charge on any atom is -0.326 e. The number of alkyl halides is 3. The molecule has 2 N–H and O–H groups in total. The van der Waals surface area contributed by atoms with E-state index in [0.29, 0.717) is 19.1 Å². The summed E-state index contributed by atoms with van der Waals surface area (Å²) in [4.78, 5) is 3.82. The molecule has 0 aliphatic carbocycles. The lowest BCUT2D eigenvalue weighted by atomic mass is 10.0. The van der Waals surface area contributed by atoms with Crippen LogP contribution in [-0.4, -0.2) is 60.3 Å². The first-order chi connectivity index (χ1) is 7.89. The lowest BCUT2D eigenvalue weighted by Gasteiger charge is -2.43. The first-order valence-electron chi connectivity index (χ1n) is 6.20. The molecule has 2 aliphatic rings. The van der Waals surface area contributed by atoms with Crippen LogP contribution in [0.3, 0.4) is 0 Å². The number of rotatable bonds is 2. The summed E-state index contributed by atoms with van der Waals surface area (Å²) in [7, 11) is 0. The zero-order valence-electron chi connectivity index (χ0n) is 10.1. The molecule has 3 nitrogen and oxygen atoms in total. The fourth-order valence-corrected chi connectivity index (χ4v) is 3.11. The Kier molecular flexibility index (Phi) is 3.66. The third kappa shape index (κ3) is 2.74. The molecule has 2 saturated heterocycles. The molecular weight excluding hydrogens is 231 g/mol. The Labute approximate surface area is 99.7 Å². The summed E-state index contributed by atoms with van der Waals surface area (Å²) < 4.78 is 38.9. The number of nitrogens with zero attached hydrogens (tertiary/aromatic N) is 2. The second kappa shape index (κ2) is 4.74. The van der Waals surface area contributed by atoms with Crippen LogP contribution in [0.15, 0.2) is 0 Å². The van der Waals surface area contributed by atoms with E-state index in [4.69, 9.17) is 5.73 Å². The molecule has 0 radical (unpaired) electrons. The van der Waals surface area contributed by atoms with Crippen LogP contribution < -0.4 is 5.73 Å². The molecule has 100 valence electrons. The van der Waals surface area contributed by atoms with Gasteiger partial charge < -0.3 is 5.73 Å². The van der Waals surface area contributed by atoms with Gasteiger partial charge in [-0.1, -0.05) is 0 Å². The highest BCUT2D eigenvalue weighted by Gasteiger charge is 2.47. The third-order valence-electron chi connectivity index (χ3n) is 3.85. The SMILES string of the molecule is CC(N)C(N1CCN2CCCC2C1)C(F)(F)F. The minimum atomic E-state index is -4.23. The van der Waals surface area contributed by atoms with Crippen molar-refractivity contribution in [1.82, 2.24) is 9.80 Å². The highest BCUT2D eigenvalue weighted by Crippen LogP contribution is 2.30. The van der Waals surface area contributed by atoms with Gasteiger partial charge in [-0.2, -0.15) is 13.2 Å². The summed E-state index contributed by atoms with van der Waals surface area (Å²) in [6, 6.07) is -2.07. The molecular formula is C11H20F3N3. The van der Waals surface area contributed by atoms with Crippen LogP contribution in [0.25, 0.3) is 0 Å². The quantitative estimate of drug-likeness (QED) is 0.796. The maximum Gasteiger partial charge on any atom is 0.405 e. The maximum atomic E-state index is 13.0. The van der Waals surface area contributed by atoms with Gasteiger partial charge >= 0.3 is 6.18 Å². The molecule has 3 atom stereocenters. The van der Waals surface area contributed by atoms with Crippen LogP contribution in [-0.2, 0) is 0 Å². The van der Waals surface area contributed by atoms with E-state index in [1.807, 2.05) is 0 Å². The minimum absolute atomic E-state index is 0.298. The van der Waals surface area contributed by atoms with Crippen molar-refractivity contribution in [2.75, 3.05) is 26.2 Å². The Balaban J connectivity index is 2.05. The summed E-state index contributed by atoms with van der Waals surface area (Å²) in [5.74, 6) is 0. The van der Waals surface area contributed by atoms with Crippen molar-refractivity contribution in [3.05, 3.63) is 0 Å². The lowest BCUT2D eigenvalue weighted by Crippen LogP contribution is -2.61. The Morgan fingerprint density at radius 3 is 2.53 bits per heavy atom. The van der Waals surface area contributed by atoms with Crippen LogP contribution >= 0.6 is 0 Å². The largest absolute Gasteiger partial charge is 0.405 e. The monoisotopic (exact) mass is 251 g/mol. The van der Waals surface area contributed by atoms with E-state index in [1.54, 1.807) is 0 Å². The van der Waals surface area contributed by atoms with Crippen LogP contribution in [0.2, 0.25) is 0 Å². The number of hydrogen-bond acceptors (Lipinski definition) is 3. The predicted octanol–water partition coefficient (Wildman–Crippen LogP) is 1.04. The van der Waals surface area contributed by atoms with Crippen molar-refractivity contribution in [2.24, 2.45) is 5.73 Å². The fourth-order valence-electron chi connectivity index (χ4n) is 3.11. The van der Waals surface area contributed by atoms with Crippen molar-refractivity contribution >= 4 is 0 Å². The van der Waals surface area contributed by atoms with E-state index < -0.39 is 18.3 Å². The Morgan fingerprint density at radius 2 is 1.94 bits per heavy atom. The first-order valence-corrected chi connectivity index (χ1v) is 6.20. The van der Waals surface area contributed by atoms with E-state index >= 15 is 0 Å². The van der Waals surface area contributed by atoms with Crippen LogP contribution in [0, 0.1) is 0 Å². The summed E-state index contributed by atoms with van der Waals surface area (Å²) in [6.07, 6.45) is -2.11. The first kappa shape index (κ1) is 13.1. The molecule has 0 saturated carbocycles. The standard InChI is InChI=1S/C11H20F3N3/c1-8(15)10(11(12,13)14)17-6-5-16-4-2-3-9(16)7-17/h8-10H,2-7,15H2,1H3. The van der Waals surface area contributed by atoms with Crippen LogP contribution in [0.5, 0.6) is 0 Å². The zero-order valence-corrected chi connectivity index (χ0v) is 10.1. The molecule has 2 heterocycles. The molecule has 17 heavy (non-hydrogen) atoms. The average Bonchev–Trinajstić information content (AvgIpc) is 2.61. The average molecular weight is 251 g/mol. The van der Waals surface area contributed by atoms with Crippen molar-refractivity contribution < 1.29 is 13.2 Å². The van der Waals surface area contributed by atoms with E-state index in [0.717, 1.165) is 25.9 Å². The van der Waals surface area contributed by atoms with Crippen LogP contribution in [0.4, 0.5) is 13.2 Å². The Morgan fingerprint density at radius 1 is 1.24 bits per heavy atom. The summed E-state index contributed by atoms with van der Waals surface area (Å²) in [5.41, 5.74) is 5.52. The Hall–Kier alpha value is -0.330. The van der Waals surface area contributed by atoms with E-state index in [9.17, 15) is 13.2 Å². The molecule has 2 aliphatic heterocycles. The van der Waals surface area contributed by atoms with Gasteiger partial charge in [0, 0.05) is 31.7 Å². The van der Waals surface area contributed by atoms with Crippen molar-refractivity contribution in [2.45, 2.75) is 44.1 Å². The van der Waals surface area contributed by atoms with E-state index in [1.165, 1.54) is 11.8 Å². The topological polar surface area (TPSA) is 32.5 Å². The second-order valence-corrected chi connectivity index (χ2v) is 5.17. The van der Waals surface area contributed by atoms with Crippen molar-refractivity contribution in [1.29, 1.82) is 0 Å². The number of halogens is 3. The van der Waals surface area contributed by atoms with E-state index in [-0.39, 0.29) is 0 Å². The van der Waals surface area contributed by atoms with Gasteiger partial charge in [-0.25, -0.2) is 0 Å². The summed E-state index contributed by atoms with van der Waals surface area (Å²) in [5, 5.41) is 0. The molecule has 0 amide bonds. The molecule has 0 aromatic rings. The van der Waals surface area contributed by atoms with Gasteiger partial charge in [-0.3, -0.25) is 9.80 Å². The summed E-state index contributed by atoms with van der Waals surface area (Å²) in [6.45, 7) is 4.20. The number of fused-ring (bicyclic) bond motifs is 1. The number of piperazine rings is 1. The van der Waals surface area contributed by atoms with Gasteiger partial charge in [-0.05, 0) is 26.3 Å². The van der Waals surface area contributed by atoms with Gasteiger partial charge in [-0.15, -0.1) is 0 Å². The second-order valence-electron chi connectivity index (χ2n) is 5.17. The van der Waals surface area contributed by atoms with Crippen LogP contribution in [0.1, 0.15) is 19.8 Å². The van der Waals surface area contributed by atoms with E-state index in [2.05, 4.69) is 4.90 Å².